The normalized spacial score (nSPS) is 17.0. The number of pyridine rings is 1. The molecule has 7 nitrogen and oxygen atoms in total. The van der Waals surface area contributed by atoms with Gasteiger partial charge in [-0.2, -0.15) is 0 Å². The number of carbonyl (C=O) groups is 1. The Bertz CT molecular complexity index is 753. The van der Waals surface area contributed by atoms with Crippen LogP contribution in [0.25, 0.3) is 0 Å². The molecule has 2 aromatic rings. The molecule has 24 heavy (non-hydrogen) atoms. The highest BCUT2D eigenvalue weighted by molar-refractivity contribution is 5.92. The summed E-state index contributed by atoms with van der Waals surface area (Å²) >= 11 is 0. The molecule has 3 heterocycles. The number of hydrogen-bond donors (Lipinski definition) is 2. The molecule has 0 radical (unpaired) electrons. The molecule has 2 aromatic heterocycles. The van der Waals surface area contributed by atoms with Crippen molar-refractivity contribution in [2.24, 2.45) is 0 Å². The van der Waals surface area contributed by atoms with Gasteiger partial charge in [-0.15, -0.1) is 0 Å². The summed E-state index contributed by atoms with van der Waals surface area (Å²) in [6.45, 7) is 2.96. The van der Waals surface area contributed by atoms with Crippen LogP contribution in [0.1, 0.15) is 22.6 Å². The van der Waals surface area contributed by atoms with Crippen molar-refractivity contribution >= 4 is 17.7 Å². The predicted molar refractivity (Wildman–Crippen MR) is 88.6 cm³/mol. The van der Waals surface area contributed by atoms with Crippen molar-refractivity contribution in [3.05, 3.63) is 41.6 Å². The first-order valence-corrected chi connectivity index (χ1v) is 7.76. The molecule has 2 N–H and O–H groups in total. The minimum absolute atomic E-state index is 0.0767. The average molecular weight is 330 g/mol. The highest BCUT2D eigenvalue weighted by atomic mass is 19.1. The van der Waals surface area contributed by atoms with Crippen molar-refractivity contribution in [2.45, 2.75) is 19.4 Å². The zero-order valence-corrected chi connectivity index (χ0v) is 13.6. The van der Waals surface area contributed by atoms with E-state index in [0.29, 0.717) is 36.2 Å². The van der Waals surface area contributed by atoms with Crippen molar-refractivity contribution < 1.29 is 9.18 Å². The van der Waals surface area contributed by atoms with Gasteiger partial charge in [0.15, 0.2) is 11.6 Å². The second kappa shape index (κ2) is 6.77. The molecule has 126 valence electrons. The topological polar surface area (TPSA) is 83.0 Å². The molecule has 1 saturated heterocycles. The van der Waals surface area contributed by atoms with Gasteiger partial charge in [-0.3, -0.25) is 4.79 Å². The Kier molecular flexibility index (Phi) is 4.54. The van der Waals surface area contributed by atoms with Crippen LogP contribution in [0.2, 0.25) is 0 Å². The second-order valence-corrected chi connectivity index (χ2v) is 5.68. The third-order valence-electron chi connectivity index (χ3n) is 3.87. The fourth-order valence-electron chi connectivity index (χ4n) is 2.74. The number of carbonyl (C=O) groups excluding carboxylic acids is 1. The number of nitrogens with one attached hydrogen (secondary N) is 2. The SMILES string of the molecule is CNc1nc(C)cc(C(=O)NC2CCN(c3ncccc3F)C2)n1. The number of anilines is 2. The van der Waals surface area contributed by atoms with Gasteiger partial charge in [-0.25, -0.2) is 19.3 Å². The van der Waals surface area contributed by atoms with E-state index < -0.39 is 0 Å². The van der Waals surface area contributed by atoms with Gasteiger partial charge in [0.05, 0.1) is 0 Å². The number of hydrogen-bond acceptors (Lipinski definition) is 6. The quantitative estimate of drug-likeness (QED) is 0.881. The fraction of sp³-hybridized carbons (Fsp3) is 0.375. The van der Waals surface area contributed by atoms with E-state index in [1.165, 1.54) is 6.07 Å². The number of halogens is 1. The summed E-state index contributed by atoms with van der Waals surface area (Å²) in [7, 11) is 1.70. The third-order valence-corrected chi connectivity index (χ3v) is 3.87. The Morgan fingerprint density at radius 2 is 2.25 bits per heavy atom. The standard InChI is InChI=1S/C16H19FN6O/c1-10-8-13(22-16(18-2)20-10)15(24)21-11-5-7-23(9-11)14-12(17)4-3-6-19-14/h3-4,6,8,11H,5,7,9H2,1-2H3,(H,21,24)(H,18,20,22). The summed E-state index contributed by atoms with van der Waals surface area (Å²) in [5, 5.41) is 5.78. The maximum absolute atomic E-state index is 13.8. The minimum Gasteiger partial charge on any atom is -0.357 e. The monoisotopic (exact) mass is 330 g/mol. The van der Waals surface area contributed by atoms with Gasteiger partial charge in [-0.1, -0.05) is 0 Å². The summed E-state index contributed by atoms with van der Waals surface area (Å²) in [5.41, 5.74) is 1.03. The van der Waals surface area contributed by atoms with E-state index in [4.69, 9.17) is 0 Å². The van der Waals surface area contributed by atoms with E-state index in [-0.39, 0.29) is 17.8 Å². The van der Waals surface area contributed by atoms with E-state index in [9.17, 15) is 9.18 Å². The number of aromatic nitrogens is 3. The molecule has 1 aliphatic heterocycles. The fourth-order valence-corrected chi connectivity index (χ4v) is 2.74. The number of rotatable bonds is 4. The first kappa shape index (κ1) is 16.1. The summed E-state index contributed by atoms with van der Waals surface area (Å²) < 4.78 is 13.8. The number of nitrogens with zero attached hydrogens (tertiary/aromatic N) is 4. The summed E-state index contributed by atoms with van der Waals surface area (Å²) in [5.74, 6) is 0.119. The molecule has 1 aliphatic rings. The lowest BCUT2D eigenvalue weighted by Gasteiger charge is -2.18. The Morgan fingerprint density at radius 3 is 3.00 bits per heavy atom. The van der Waals surface area contributed by atoms with Crippen LogP contribution in [0.15, 0.2) is 24.4 Å². The van der Waals surface area contributed by atoms with Crippen LogP contribution in [-0.4, -0.2) is 47.0 Å². The summed E-state index contributed by atoms with van der Waals surface area (Å²) in [4.78, 5) is 26.6. The zero-order valence-electron chi connectivity index (χ0n) is 13.6. The van der Waals surface area contributed by atoms with Gasteiger partial charge in [0.2, 0.25) is 5.95 Å². The van der Waals surface area contributed by atoms with Crippen LogP contribution in [0.5, 0.6) is 0 Å². The second-order valence-electron chi connectivity index (χ2n) is 5.68. The van der Waals surface area contributed by atoms with E-state index >= 15 is 0 Å². The maximum atomic E-state index is 13.8. The highest BCUT2D eigenvalue weighted by Crippen LogP contribution is 2.21. The van der Waals surface area contributed by atoms with Gasteiger partial charge in [0.25, 0.3) is 5.91 Å². The summed E-state index contributed by atoms with van der Waals surface area (Å²) in [6.07, 6.45) is 2.29. The van der Waals surface area contributed by atoms with Crippen LogP contribution < -0.4 is 15.5 Å². The molecule has 0 saturated carbocycles. The van der Waals surface area contributed by atoms with Crippen LogP contribution in [-0.2, 0) is 0 Å². The molecule has 8 heteroatoms. The molecular weight excluding hydrogens is 311 g/mol. The smallest absolute Gasteiger partial charge is 0.270 e. The molecule has 1 unspecified atom stereocenters. The molecule has 0 aromatic carbocycles. The van der Waals surface area contributed by atoms with Crippen LogP contribution >= 0.6 is 0 Å². The third kappa shape index (κ3) is 3.42. The molecule has 3 rings (SSSR count). The number of amides is 1. The lowest BCUT2D eigenvalue weighted by atomic mass is 10.2. The highest BCUT2D eigenvalue weighted by Gasteiger charge is 2.27. The molecule has 0 spiro atoms. The predicted octanol–water partition coefficient (Wildman–Crippen LogP) is 1.37. The van der Waals surface area contributed by atoms with Crippen LogP contribution in [0, 0.1) is 12.7 Å². The van der Waals surface area contributed by atoms with Gasteiger partial charge in [0, 0.05) is 38.1 Å². The minimum atomic E-state index is -0.352. The first-order chi connectivity index (χ1) is 11.6. The van der Waals surface area contributed by atoms with Crippen LogP contribution in [0.3, 0.4) is 0 Å². The molecule has 0 bridgehead atoms. The largest absolute Gasteiger partial charge is 0.357 e. The lowest BCUT2D eigenvalue weighted by molar-refractivity contribution is 0.0935. The van der Waals surface area contributed by atoms with E-state index in [1.54, 1.807) is 32.3 Å². The number of aryl methyl sites for hydroxylation is 1. The van der Waals surface area contributed by atoms with E-state index in [0.717, 1.165) is 6.42 Å². The molecule has 1 amide bonds. The van der Waals surface area contributed by atoms with E-state index in [1.807, 2.05) is 4.90 Å². The van der Waals surface area contributed by atoms with Gasteiger partial charge >= 0.3 is 0 Å². The zero-order chi connectivity index (χ0) is 17.1. The Balaban J connectivity index is 1.66. The van der Waals surface area contributed by atoms with Gasteiger partial charge < -0.3 is 15.5 Å². The summed E-state index contributed by atoms with van der Waals surface area (Å²) in [6, 6.07) is 4.51. The molecule has 1 fully saturated rings. The average Bonchev–Trinajstić information content (AvgIpc) is 3.02. The van der Waals surface area contributed by atoms with Crippen molar-refractivity contribution in [1.29, 1.82) is 0 Å². The van der Waals surface area contributed by atoms with Crippen LogP contribution in [0.4, 0.5) is 16.2 Å². The lowest BCUT2D eigenvalue weighted by Crippen LogP contribution is -2.37. The van der Waals surface area contributed by atoms with Crippen molar-refractivity contribution in [1.82, 2.24) is 20.3 Å². The van der Waals surface area contributed by atoms with Gasteiger partial charge in [-0.05, 0) is 31.5 Å². The molecule has 1 atom stereocenters. The Morgan fingerprint density at radius 1 is 1.42 bits per heavy atom. The van der Waals surface area contributed by atoms with Gasteiger partial charge in [0.1, 0.15) is 5.69 Å². The Labute approximate surface area is 139 Å². The Hall–Kier alpha value is -2.77. The molecule has 0 aliphatic carbocycles. The maximum Gasteiger partial charge on any atom is 0.270 e. The van der Waals surface area contributed by atoms with Crippen molar-refractivity contribution in [2.75, 3.05) is 30.4 Å². The first-order valence-electron chi connectivity index (χ1n) is 7.76. The van der Waals surface area contributed by atoms with Crippen molar-refractivity contribution in [3.63, 3.8) is 0 Å². The van der Waals surface area contributed by atoms with Crippen molar-refractivity contribution in [3.8, 4) is 0 Å². The molecular formula is C16H19FN6O. The van der Waals surface area contributed by atoms with E-state index in [2.05, 4.69) is 25.6 Å².